The third kappa shape index (κ3) is 4.83. The minimum Gasteiger partial charge on any atom is -0.396 e. The standard InChI is InChI=1S/C21H34FN3O/c1-17(2)23-10-7-19(8-11-23)25-13-12-24(20(16-25)9-14-26)15-18-5-3-4-6-21(18)22/h3-6,17,19-20,26H,7-16H2,1-2H3/t20-/m0/s1. The summed E-state index contributed by atoms with van der Waals surface area (Å²) in [5.74, 6) is -0.126. The second-order valence-corrected chi connectivity index (χ2v) is 8.08. The Labute approximate surface area is 157 Å². The molecule has 0 saturated carbocycles. The molecule has 26 heavy (non-hydrogen) atoms. The molecule has 2 fully saturated rings. The lowest BCUT2D eigenvalue weighted by Gasteiger charge is -2.47. The molecule has 1 aromatic carbocycles. The summed E-state index contributed by atoms with van der Waals surface area (Å²) in [6, 6.07) is 8.65. The van der Waals surface area contributed by atoms with Gasteiger partial charge in [0.15, 0.2) is 0 Å². The maximum atomic E-state index is 14.0. The van der Waals surface area contributed by atoms with E-state index >= 15 is 0 Å². The maximum Gasteiger partial charge on any atom is 0.127 e. The van der Waals surface area contributed by atoms with E-state index in [2.05, 4.69) is 28.5 Å². The first-order chi connectivity index (χ1) is 12.6. The number of benzene rings is 1. The molecular formula is C21H34FN3O. The van der Waals surface area contributed by atoms with Crippen LogP contribution < -0.4 is 0 Å². The molecule has 0 radical (unpaired) electrons. The highest BCUT2D eigenvalue weighted by molar-refractivity contribution is 5.17. The Kier molecular flexibility index (Phi) is 7.04. The molecule has 0 spiro atoms. The average molecular weight is 364 g/mol. The lowest BCUT2D eigenvalue weighted by molar-refractivity contribution is 0.00950. The van der Waals surface area contributed by atoms with Crippen molar-refractivity contribution < 1.29 is 9.50 Å². The predicted octanol–water partition coefficient (Wildman–Crippen LogP) is 2.57. The zero-order valence-electron chi connectivity index (χ0n) is 16.3. The van der Waals surface area contributed by atoms with Gasteiger partial charge in [-0.3, -0.25) is 9.80 Å². The zero-order chi connectivity index (χ0) is 18.5. The summed E-state index contributed by atoms with van der Waals surface area (Å²) in [6.07, 6.45) is 3.23. The second kappa shape index (κ2) is 9.27. The van der Waals surface area contributed by atoms with Crippen LogP contribution in [0.1, 0.15) is 38.7 Å². The van der Waals surface area contributed by atoms with Crippen LogP contribution in [0.4, 0.5) is 4.39 Å². The number of piperazine rings is 1. The molecule has 0 aliphatic carbocycles. The Morgan fingerprint density at radius 3 is 2.50 bits per heavy atom. The number of likely N-dealkylation sites (tertiary alicyclic amines) is 1. The molecule has 2 aliphatic heterocycles. The van der Waals surface area contributed by atoms with E-state index in [4.69, 9.17) is 0 Å². The van der Waals surface area contributed by atoms with Crippen molar-refractivity contribution in [3.8, 4) is 0 Å². The van der Waals surface area contributed by atoms with Crippen molar-refractivity contribution in [2.24, 2.45) is 0 Å². The normalized spacial score (nSPS) is 24.4. The third-order valence-electron chi connectivity index (χ3n) is 6.18. The Morgan fingerprint density at radius 1 is 1.12 bits per heavy atom. The molecule has 0 amide bonds. The van der Waals surface area contributed by atoms with Crippen molar-refractivity contribution >= 4 is 0 Å². The van der Waals surface area contributed by atoms with Crippen LogP contribution in [0, 0.1) is 5.82 Å². The molecule has 2 heterocycles. The van der Waals surface area contributed by atoms with Crippen LogP contribution in [0.3, 0.4) is 0 Å². The summed E-state index contributed by atoms with van der Waals surface area (Å²) in [5, 5.41) is 9.52. The van der Waals surface area contributed by atoms with Crippen LogP contribution in [0.5, 0.6) is 0 Å². The smallest absolute Gasteiger partial charge is 0.127 e. The van der Waals surface area contributed by atoms with Crippen molar-refractivity contribution in [1.29, 1.82) is 0 Å². The van der Waals surface area contributed by atoms with E-state index in [0.717, 1.165) is 31.6 Å². The van der Waals surface area contributed by atoms with E-state index in [1.807, 2.05) is 12.1 Å². The first kappa shape index (κ1) is 19.7. The minimum atomic E-state index is -0.126. The summed E-state index contributed by atoms with van der Waals surface area (Å²) in [5.41, 5.74) is 0.758. The lowest BCUT2D eigenvalue weighted by Crippen LogP contribution is -2.57. The summed E-state index contributed by atoms with van der Waals surface area (Å²) in [7, 11) is 0. The van der Waals surface area contributed by atoms with Crippen molar-refractivity contribution in [2.45, 2.75) is 57.8 Å². The van der Waals surface area contributed by atoms with Gasteiger partial charge in [0.1, 0.15) is 5.82 Å². The molecule has 1 N–H and O–H groups in total. The molecule has 0 unspecified atom stereocenters. The number of rotatable bonds is 6. The van der Waals surface area contributed by atoms with Gasteiger partial charge >= 0.3 is 0 Å². The number of hydrogen-bond acceptors (Lipinski definition) is 4. The van der Waals surface area contributed by atoms with Crippen molar-refractivity contribution in [1.82, 2.24) is 14.7 Å². The highest BCUT2D eigenvalue weighted by Crippen LogP contribution is 2.24. The number of aliphatic hydroxyl groups is 1. The Morgan fingerprint density at radius 2 is 1.85 bits per heavy atom. The fraction of sp³-hybridized carbons (Fsp3) is 0.714. The molecule has 0 bridgehead atoms. The first-order valence-corrected chi connectivity index (χ1v) is 10.1. The fourth-order valence-electron chi connectivity index (χ4n) is 4.49. The molecule has 0 aromatic heterocycles. The monoisotopic (exact) mass is 363 g/mol. The van der Waals surface area contributed by atoms with E-state index < -0.39 is 0 Å². The van der Waals surface area contributed by atoms with E-state index in [9.17, 15) is 9.50 Å². The molecular weight excluding hydrogens is 329 g/mol. The van der Waals surface area contributed by atoms with Crippen LogP contribution in [-0.4, -0.2) is 77.3 Å². The molecule has 3 rings (SSSR count). The van der Waals surface area contributed by atoms with Gasteiger partial charge in [-0.15, -0.1) is 0 Å². The maximum absolute atomic E-state index is 14.0. The summed E-state index contributed by atoms with van der Waals surface area (Å²) in [6.45, 7) is 10.7. The topological polar surface area (TPSA) is 30.0 Å². The van der Waals surface area contributed by atoms with E-state index in [-0.39, 0.29) is 12.4 Å². The number of hydrogen-bond donors (Lipinski definition) is 1. The summed E-state index contributed by atoms with van der Waals surface area (Å²) >= 11 is 0. The molecule has 4 nitrogen and oxygen atoms in total. The van der Waals surface area contributed by atoms with E-state index in [1.54, 1.807) is 6.07 Å². The summed E-state index contributed by atoms with van der Waals surface area (Å²) in [4.78, 5) is 7.54. The van der Waals surface area contributed by atoms with Gasteiger partial charge in [-0.05, 0) is 52.3 Å². The van der Waals surface area contributed by atoms with Gasteiger partial charge in [0, 0.05) is 56.5 Å². The fourth-order valence-corrected chi connectivity index (χ4v) is 4.49. The SMILES string of the molecule is CC(C)N1CCC(N2CCN(Cc3ccccc3F)[C@@H](CCO)C2)CC1. The van der Waals surface area contributed by atoms with Gasteiger partial charge in [0.2, 0.25) is 0 Å². The molecule has 2 aliphatic rings. The number of aliphatic hydroxyl groups excluding tert-OH is 1. The molecule has 5 heteroatoms. The van der Waals surface area contributed by atoms with Gasteiger partial charge in [-0.25, -0.2) is 4.39 Å². The predicted molar refractivity (Wildman–Crippen MR) is 104 cm³/mol. The van der Waals surface area contributed by atoms with Crippen molar-refractivity contribution in [3.05, 3.63) is 35.6 Å². The van der Waals surface area contributed by atoms with Crippen LogP contribution in [-0.2, 0) is 6.54 Å². The van der Waals surface area contributed by atoms with Gasteiger partial charge in [-0.2, -0.15) is 0 Å². The number of piperidine rings is 1. The highest BCUT2D eigenvalue weighted by Gasteiger charge is 2.32. The second-order valence-electron chi connectivity index (χ2n) is 8.08. The molecule has 1 atom stereocenters. The molecule has 146 valence electrons. The Hall–Kier alpha value is -1.01. The van der Waals surface area contributed by atoms with Crippen LogP contribution in [0.2, 0.25) is 0 Å². The highest BCUT2D eigenvalue weighted by atomic mass is 19.1. The van der Waals surface area contributed by atoms with Crippen molar-refractivity contribution in [2.75, 3.05) is 39.3 Å². The van der Waals surface area contributed by atoms with Gasteiger partial charge in [0.25, 0.3) is 0 Å². The van der Waals surface area contributed by atoms with Gasteiger partial charge in [-0.1, -0.05) is 18.2 Å². The van der Waals surface area contributed by atoms with Crippen LogP contribution >= 0.6 is 0 Å². The zero-order valence-corrected chi connectivity index (χ0v) is 16.3. The number of halogens is 1. The average Bonchev–Trinajstić information content (AvgIpc) is 2.65. The van der Waals surface area contributed by atoms with E-state index in [0.29, 0.717) is 24.7 Å². The summed E-state index contributed by atoms with van der Waals surface area (Å²) < 4.78 is 14.0. The van der Waals surface area contributed by atoms with Crippen LogP contribution in [0.25, 0.3) is 0 Å². The van der Waals surface area contributed by atoms with Gasteiger partial charge < -0.3 is 10.0 Å². The Bertz CT molecular complexity index is 560. The largest absolute Gasteiger partial charge is 0.396 e. The Balaban J connectivity index is 1.58. The molecule has 2 saturated heterocycles. The number of nitrogens with zero attached hydrogens (tertiary/aromatic N) is 3. The molecule has 1 aromatic rings. The minimum absolute atomic E-state index is 0.126. The third-order valence-corrected chi connectivity index (χ3v) is 6.18. The quantitative estimate of drug-likeness (QED) is 0.841. The first-order valence-electron chi connectivity index (χ1n) is 10.1. The lowest BCUT2D eigenvalue weighted by atomic mass is 9.98. The van der Waals surface area contributed by atoms with Gasteiger partial charge in [0.05, 0.1) is 0 Å². The van der Waals surface area contributed by atoms with Crippen LogP contribution in [0.15, 0.2) is 24.3 Å². The van der Waals surface area contributed by atoms with E-state index in [1.165, 1.54) is 32.0 Å². The van der Waals surface area contributed by atoms with Crippen molar-refractivity contribution in [3.63, 3.8) is 0 Å².